The standard InChI is InChI=1S/C9H6BrNO3S.C9H6BrNO2S/c1-14-9(12)7-2-5-6(10)3-11(13)4-8(5)15-7;1-13-9(12)7-2-5-6(10)3-11-4-8(5)14-7/h2-4H,1H3;2-4H,1H3. The first-order chi connectivity index (χ1) is 13.8. The Morgan fingerprint density at radius 3 is 2.03 bits per heavy atom. The van der Waals surface area contributed by atoms with Gasteiger partial charge in [0.25, 0.3) is 0 Å². The number of nitrogens with zero attached hydrogens (tertiary/aromatic N) is 2. The summed E-state index contributed by atoms with van der Waals surface area (Å²) in [5.74, 6) is -0.696. The fourth-order valence-electron chi connectivity index (χ4n) is 2.35. The fourth-order valence-corrected chi connectivity index (χ4v) is 5.58. The van der Waals surface area contributed by atoms with Crippen LogP contribution in [0.3, 0.4) is 0 Å². The molecular formula is C18H12Br2N2O5S2. The molecule has 4 heterocycles. The summed E-state index contributed by atoms with van der Waals surface area (Å²) in [7, 11) is 2.70. The molecule has 4 aromatic heterocycles. The number of methoxy groups -OCH3 is 2. The van der Waals surface area contributed by atoms with Crippen LogP contribution in [0, 0.1) is 5.21 Å². The lowest BCUT2D eigenvalue weighted by molar-refractivity contribution is -0.604. The predicted molar refractivity (Wildman–Crippen MR) is 118 cm³/mol. The number of fused-ring (bicyclic) bond motifs is 2. The van der Waals surface area contributed by atoms with E-state index in [9.17, 15) is 14.8 Å². The van der Waals surface area contributed by atoms with Crippen molar-refractivity contribution in [3.05, 3.63) is 60.8 Å². The molecule has 0 N–H and O–H groups in total. The van der Waals surface area contributed by atoms with Crippen molar-refractivity contribution in [3.8, 4) is 0 Å². The summed E-state index contributed by atoms with van der Waals surface area (Å²) >= 11 is 9.25. The zero-order valence-electron chi connectivity index (χ0n) is 15.0. The number of ether oxygens (including phenoxy) is 2. The second kappa shape index (κ2) is 9.16. The molecule has 0 spiro atoms. The average molecular weight is 560 g/mol. The first kappa shape index (κ1) is 21.6. The summed E-state index contributed by atoms with van der Waals surface area (Å²) in [6.45, 7) is 0. The van der Waals surface area contributed by atoms with Crippen molar-refractivity contribution in [2.24, 2.45) is 0 Å². The number of carbonyl (C=O) groups is 2. The van der Waals surface area contributed by atoms with E-state index in [-0.39, 0.29) is 11.9 Å². The van der Waals surface area contributed by atoms with Crippen LogP contribution in [0.15, 0.2) is 45.9 Å². The minimum absolute atomic E-state index is 0.307. The number of hydrogen-bond acceptors (Lipinski definition) is 8. The van der Waals surface area contributed by atoms with Gasteiger partial charge in [-0.1, -0.05) is 0 Å². The molecular weight excluding hydrogens is 548 g/mol. The van der Waals surface area contributed by atoms with Gasteiger partial charge in [-0.2, -0.15) is 4.73 Å². The van der Waals surface area contributed by atoms with Gasteiger partial charge in [0.05, 0.1) is 23.4 Å². The molecule has 0 aliphatic carbocycles. The summed E-state index contributed by atoms with van der Waals surface area (Å²) in [6, 6.07) is 3.51. The van der Waals surface area contributed by atoms with Crippen molar-refractivity contribution in [3.63, 3.8) is 0 Å². The van der Waals surface area contributed by atoms with Gasteiger partial charge in [0.2, 0.25) is 0 Å². The van der Waals surface area contributed by atoms with Crippen LogP contribution in [0.25, 0.3) is 20.2 Å². The summed E-state index contributed by atoms with van der Waals surface area (Å²) in [5.41, 5.74) is 0. The maximum Gasteiger partial charge on any atom is 0.348 e. The van der Waals surface area contributed by atoms with Crippen molar-refractivity contribution >= 4 is 86.6 Å². The molecule has 0 aliphatic rings. The molecule has 0 atom stereocenters. The van der Waals surface area contributed by atoms with E-state index >= 15 is 0 Å². The largest absolute Gasteiger partial charge is 0.619 e. The maximum atomic E-state index is 11.3. The molecule has 0 amide bonds. The van der Waals surface area contributed by atoms with E-state index in [1.54, 1.807) is 24.5 Å². The first-order valence-corrected chi connectivity index (χ1v) is 11.1. The number of hydrogen-bond donors (Lipinski definition) is 0. The average Bonchev–Trinajstić information content (AvgIpc) is 3.32. The number of aromatic nitrogens is 2. The molecule has 11 heteroatoms. The van der Waals surface area contributed by atoms with Crippen LogP contribution >= 0.6 is 54.5 Å². The maximum absolute atomic E-state index is 11.3. The van der Waals surface area contributed by atoms with E-state index in [4.69, 9.17) is 0 Å². The zero-order valence-corrected chi connectivity index (χ0v) is 19.8. The number of rotatable bonds is 2. The Kier molecular flexibility index (Phi) is 6.83. The SMILES string of the molecule is COC(=O)c1cc2c(Br)c[n+]([O-])cc2s1.COC(=O)c1cc2c(Br)cncc2s1. The van der Waals surface area contributed by atoms with Crippen LogP contribution in [-0.4, -0.2) is 31.1 Å². The molecule has 7 nitrogen and oxygen atoms in total. The quantitative estimate of drug-likeness (QED) is 0.196. The van der Waals surface area contributed by atoms with E-state index in [0.29, 0.717) is 19.0 Å². The summed E-state index contributed by atoms with van der Waals surface area (Å²) in [6.07, 6.45) is 6.26. The Morgan fingerprint density at radius 2 is 1.48 bits per heavy atom. The zero-order chi connectivity index (χ0) is 21.1. The van der Waals surface area contributed by atoms with E-state index < -0.39 is 0 Å². The van der Waals surface area contributed by atoms with Gasteiger partial charge in [-0.05, 0) is 44.0 Å². The molecule has 0 saturated heterocycles. The Balaban J connectivity index is 0.000000166. The van der Waals surface area contributed by atoms with Gasteiger partial charge >= 0.3 is 11.9 Å². The third-order valence-corrected chi connectivity index (χ3v) is 7.04. The van der Waals surface area contributed by atoms with Crippen LogP contribution < -0.4 is 4.73 Å². The molecule has 0 saturated carbocycles. The Morgan fingerprint density at radius 1 is 0.931 bits per heavy atom. The van der Waals surface area contributed by atoms with Gasteiger partial charge in [-0.3, -0.25) is 4.98 Å². The molecule has 0 bridgehead atoms. The summed E-state index contributed by atoms with van der Waals surface area (Å²) in [5, 5.41) is 13.0. The first-order valence-electron chi connectivity index (χ1n) is 7.85. The van der Waals surface area contributed by atoms with Gasteiger partial charge in [0, 0.05) is 27.6 Å². The second-order valence-corrected chi connectivity index (χ2v) is 9.36. The number of halogens is 2. The van der Waals surface area contributed by atoms with Crippen LogP contribution in [0.5, 0.6) is 0 Å². The molecule has 150 valence electrons. The van der Waals surface area contributed by atoms with Crippen LogP contribution in [0.2, 0.25) is 0 Å². The molecule has 0 aliphatic heterocycles. The third kappa shape index (κ3) is 4.74. The molecule has 0 radical (unpaired) electrons. The summed E-state index contributed by atoms with van der Waals surface area (Å²) < 4.78 is 13.2. The van der Waals surface area contributed by atoms with Gasteiger partial charge in [-0.15, -0.1) is 22.7 Å². The highest BCUT2D eigenvalue weighted by Gasteiger charge is 2.14. The minimum atomic E-state index is -0.388. The Hall–Kier alpha value is -2.08. The van der Waals surface area contributed by atoms with E-state index in [0.717, 1.165) is 24.6 Å². The third-order valence-electron chi connectivity index (χ3n) is 3.67. The van der Waals surface area contributed by atoms with Crippen molar-refractivity contribution in [2.75, 3.05) is 14.2 Å². The monoisotopic (exact) mass is 558 g/mol. The Labute approximate surface area is 189 Å². The van der Waals surface area contributed by atoms with E-state index in [1.807, 2.05) is 0 Å². The normalized spacial score (nSPS) is 10.5. The topological polar surface area (TPSA) is 92.4 Å². The van der Waals surface area contributed by atoms with Crippen molar-refractivity contribution in [1.82, 2.24) is 4.98 Å². The number of thiophene rings is 2. The van der Waals surface area contributed by atoms with Gasteiger partial charge in [0.1, 0.15) is 14.5 Å². The lowest BCUT2D eigenvalue weighted by Crippen LogP contribution is -2.23. The van der Waals surface area contributed by atoms with Crippen LogP contribution in [0.4, 0.5) is 0 Å². The highest BCUT2D eigenvalue weighted by molar-refractivity contribution is 9.11. The molecule has 0 unspecified atom stereocenters. The van der Waals surface area contributed by atoms with E-state index in [2.05, 4.69) is 46.3 Å². The number of esters is 2. The van der Waals surface area contributed by atoms with Crippen molar-refractivity contribution < 1.29 is 23.8 Å². The lowest BCUT2D eigenvalue weighted by Gasteiger charge is -1.95. The highest BCUT2D eigenvalue weighted by Crippen LogP contribution is 2.31. The molecule has 29 heavy (non-hydrogen) atoms. The van der Waals surface area contributed by atoms with Crippen LogP contribution in [0.1, 0.15) is 19.3 Å². The number of carbonyl (C=O) groups excluding carboxylic acids is 2. The van der Waals surface area contributed by atoms with Gasteiger partial charge in [-0.25, -0.2) is 9.59 Å². The van der Waals surface area contributed by atoms with Gasteiger partial charge < -0.3 is 14.7 Å². The molecule has 4 aromatic rings. The molecule has 0 fully saturated rings. The molecule has 0 aromatic carbocycles. The minimum Gasteiger partial charge on any atom is -0.619 e. The Bertz CT molecular complexity index is 1220. The second-order valence-electron chi connectivity index (χ2n) is 5.48. The van der Waals surface area contributed by atoms with Crippen molar-refractivity contribution in [1.29, 1.82) is 0 Å². The highest BCUT2D eigenvalue weighted by atomic mass is 79.9. The number of pyridine rings is 2. The van der Waals surface area contributed by atoms with Crippen LogP contribution in [-0.2, 0) is 9.47 Å². The molecule has 4 rings (SSSR count). The lowest BCUT2D eigenvalue weighted by atomic mass is 10.3. The van der Waals surface area contributed by atoms with E-state index in [1.165, 1.54) is 49.3 Å². The summed E-state index contributed by atoms with van der Waals surface area (Å²) in [4.78, 5) is 27.6. The van der Waals surface area contributed by atoms with Gasteiger partial charge in [0.15, 0.2) is 12.4 Å². The van der Waals surface area contributed by atoms with Crippen molar-refractivity contribution in [2.45, 2.75) is 0 Å². The fraction of sp³-hybridized carbons (Fsp3) is 0.111. The smallest absolute Gasteiger partial charge is 0.348 e. The predicted octanol–water partition coefficient (Wildman–Crippen LogP) is 4.93.